The summed E-state index contributed by atoms with van der Waals surface area (Å²) in [5.41, 5.74) is 0.447. The number of urea groups is 1. The first-order valence-electron chi connectivity index (χ1n) is 8.07. The second-order valence-electron chi connectivity index (χ2n) is 5.92. The molecule has 0 aliphatic heterocycles. The first kappa shape index (κ1) is 21.3. The molecule has 0 spiro atoms. The van der Waals surface area contributed by atoms with E-state index in [0.29, 0.717) is 41.1 Å². The monoisotopic (exact) mass is 430 g/mol. The van der Waals surface area contributed by atoms with Gasteiger partial charge in [0, 0.05) is 24.9 Å². The maximum absolute atomic E-state index is 12.2. The molecule has 0 aliphatic rings. The van der Waals surface area contributed by atoms with Crippen molar-refractivity contribution in [1.29, 1.82) is 0 Å². The van der Waals surface area contributed by atoms with Crippen molar-refractivity contribution in [3.05, 3.63) is 52.5 Å². The molecular weight excluding hydrogens is 411 g/mol. The van der Waals surface area contributed by atoms with Crippen molar-refractivity contribution in [2.75, 3.05) is 31.8 Å². The Hall–Kier alpha value is -1.96. The zero-order valence-electron chi connectivity index (χ0n) is 14.9. The van der Waals surface area contributed by atoms with Gasteiger partial charge in [0.1, 0.15) is 5.75 Å². The van der Waals surface area contributed by atoms with E-state index in [4.69, 9.17) is 27.9 Å². The predicted octanol–water partition coefficient (Wildman–Crippen LogP) is 4.33. The molecule has 0 bridgehead atoms. The summed E-state index contributed by atoms with van der Waals surface area (Å²) < 4.78 is 28.4. The van der Waals surface area contributed by atoms with Crippen LogP contribution >= 0.6 is 23.2 Å². The highest BCUT2D eigenvalue weighted by Crippen LogP contribution is 2.25. The lowest BCUT2D eigenvalue weighted by molar-refractivity contribution is 0.216. The molecule has 0 atom stereocenters. The van der Waals surface area contributed by atoms with Gasteiger partial charge in [-0.05, 0) is 48.9 Å². The Morgan fingerprint density at radius 3 is 2.44 bits per heavy atom. The number of rotatable bonds is 7. The molecule has 6 nitrogen and oxygen atoms in total. The average Bonchev–Trinajstić information content (AvgIpc) is 2.61. The summed E-state index contributed by atoms with van der Waals surface area (Å²) in [4.78, 5) is 13.9. The van der Waals surface area contributed by atoms with Gasteiger partial charge < -0.3 is 15.0 Å². The Morgan fingerprint density at radius 2 is 1.81 bits per heavy atom. The lowest BCUT2D eigenvalue weighted by Gasteiger charge is -2.18. The van der Waals surface area contributed by atoms with E-state index in [-0.39, 0.29) is 10.9 Å². The van der Waals surface area contributed by atoms with Crippen LogP contribution in [0.5, 0.6) is 5.75 Å². The van der Waals surface area contributed by atoms with Gasteiger partial charge in [-0.3, -0.25) is 0 Å². The van der Waals surface area contributed by atoms with E-state index in [9.17, 15) is 13.2 Å². The molecule has 2 amide bonds. The fourth-order valence-corrected chi connectivity index (χ4v) is 3.15. The van der Waals surface area contributed by atoms with E-state index in [0.717, 1.165) is 6.26 Å². The largest absolute Gasteiger partial charge is 0.494 e. The van der Waals surface area contributed by atoms with Crippen LogP contribution in [0, 0.1) is 0 Å². The number of carbonyl (C=O) groups is 1. The second kappa shape index (κ2) is 9.30. The van der Waals surface area contributed by atoms with E-state index < -0.39 is 9.84 Å². The molecule has 9 heteroatoms. The van der Waals surface area contributed by atoms with Crippen LogP contribution in [0.1, 0.15) is 6.42 Å². The van der Waals surface area contributed by atoms with Crippen LogP contribution in [0.4, 0.5) is 10.5 Å². The summed E-state index contributed by atoms with van der Waals surface area (Å²) >= 11 is 11.9. The molecule has 0 saturated carbocycles. The highest BCUT2D eigenvalue weighted by Gasteiger charge is 2.11. The minimum atomic E-state index is -3.22. The normalized spacial score (nSPS) is 11.1. The lowest BCUT2D eigenvalue weighted by atomic mass is 10.3. The van der Waals surface area contributed by atoms with Gasteiger partial charge in [-0.25, -0.2) is 13.2 Å². The van der Waals surface area contributed by atoms with Crippen molar-refractivity contribution in [2.45, 2.75) is 11.3 Å². The van der Waals surface area contributed by atoms with Crippen LogP contribution < -0.4 is 10.1 Å². The highest BCUT2D eigenvalue weighted by atomic mass is 35.5. The van der Waals surface area contributed by atoms with Crippen LogP contribution in [-0.2, 0) is 9.84 Å². The number of nitrogens with one attached hydrogen (secondary N) is 1. The third-order valence-electron chi connectivity index (χ3n) is 3.68. The first-order chi connectivity index (χ1) is 12.7. The molecule has 0 aliphatic carbocycles. The number of hydrogen-bond acceptors (Lipinski definition) is 4. The minimum Gasteiger partial charge on any atom is -0.494 e. The first-order valence-corrected chi connectivity index (χ1v) is 10.7. The van der Waals surface area contributed by atoms with Gasteiger partial charge in [0.25, 0.3) is 0 Å². The molecule has 0 aromatic heterocycles. The van der Waals surface area contributed by atoms with Gasteiger partial charge in [0.05, 0.1) is 22.2 Å². The van der Waals surface area contributed by atoms with Gasteiger partial charge in [0.15, 0.2) is 9.84 Å². The molecule has 0 saturated heterocycles. The lowest BCUT2D eigenvalue weighted by Crippen LogP contribution is -2.32. The fraction of sp³-hybridized carbons (Fsp3) is 0.278. The molecule has 2 aromatic rings. The molecule has 146 valence electrons. The Labute approximate surface area is 168 Å². The number of amides is 2. The third kappa shape index (κ3) is 6.61. The van der Waals surface area contributed by atoms with Crippen LogP contribution in [0.25, 0.3) is 0 Å². The number of carbonyl (C=O) groups excluding carboxylic acids is 1. The van der Waals surface area contributed by atoms with Gasteiger partial charge in [0.2, 0.25) is 0 Å². The number of sulfone groups is 1. The Balaban J connectivity index is 1.77. The maximum Gasteiger partial charge on any atom is 0.321 e. The summed E-state index contributed by atoms with van der Waals surface area (Å²) in [6.07, 6.45) is 1.75. The highest BCUT2D eigenvalue weighted by molar-refractivity contribution is 7.90. The number of hydrogen-bond donors (Lipinski definition) is 1. The molecule has 2 aromatic carbocycles. The molecule has 2 rings (SSSR count). The van der Waals surface area contributed by atoms with E-state index >= 15 is 0 Å². The van der Waals surface area contributed by atoms with E-state index in [1.165, 1.54) is 17.0 Å². The topological polar surface area (TPSA) is 75.7 Å². The summed E-state index contributed by atoms with van der Waals surface area (Å²) in [5.74, 6) is 0.570. The molecule has 0 heterocycles. The second-order valence-corrected chi connectivity index (χ2v) is 8.78. The van der Waals surface area contributed by atoms with Crippen molar-refractivity contribution in [2.24, 2.45) is 0 Å². The molecule has 1 N–H and O–H groups in total. The van der Waals surface area contributed by atoms with Gasteiger partial charge in [-0.15, -0.1) is 0 Å². The minimum absolute atomic E-state index is 0.242. The standard InChI is InChI=1S/C18H20Cl2N2O4S/c1-22(18(23)21-17-12-13(19)4-9-16(17)20)10-3-11-26-14-5-7-15(8-6-14)27(2,24)25/h4-9,12H,3,10-11H2,1-2H3,(H,21,23). The zero-order valence-corrected chi connectivity index (χ0v) is 17.2. The van der Waals surface area contributed by atoms with Crippen molar-refractivity contribution in [3.63, 3.8) is 0 Å². The van der Waals surface area contributed by atoms with Gasteiger partial charge in [-0.2, -0.15) is 0 Å². The Bertz CT molecular complexity index is 902. The Kier molecular flexibility index (Phi) is 7.35. The molecule has 27 heavy (non-hydrogen) atoms. The average molecular weight is 431 g/mol. The van der Waals surface area contributed by atoms with Crippen molar-refractivity contribution in [3.8, 4) is 5.75 Å². The van der Waals surface area contributed by atoms with E-state index in [1.807, 2.05) is 0 Å². The van der Waals surface area contributed by atoms with Crippen molar-refractivity contribution < 1.29 is 17.9 Å². The molecular formula is C18H20Cl2N2O4S. The van der Waals surface area contributed by atoms with Crippen molar-refractivity contribution >= 4 is 44.8 Å². The van der Waals surface area contributed by atoms with Gasteiger partial charge in [-0.1, -0.05) is 23.2 Å². The number of benzene rings is 2. The summed E-state index contributed by atoms with van der Waals surface area (Å²) in [6.45, 7) is 0.846. The zero-order chi connectivity index (χ0) is 20.0. The smallest absolute Gasteiger partial charge is 0.321 e. The Morgan fingerprint density at radius 1 is 1.15 bits per heavy atom. The molecule has 0 radical (unpaired) electrons. The van der Waals surface area contributed by atoms with Crippen molar-refractivity contribution in [1.82, 2.24) is 4.90 Å². The number of halogens is 2. The number of anilines is 1. The quantitative estimate of drug-likeness (QED) is 0.663. The summed E-state index contributed by atoms with van der Waals surface area (Å²) in [5, 5.41) is 3.59. The van der Waals surface area contributed by atoms with Crippen LogP contribution in [0.15, 0.2) is 47.4 Å². The predicted molar refractivity (Wildman–Crippen MR) is 108 cm³/mol. The molecule has 0 unspecified atom stereocenters. The van der Waals surface area contributed by atoms with Crippen LogP contribution in [0.2, 0.25) is 10.0 Å². The molecule has 0 fully saturated rings. The number of nitrogens with zero attached hydrogens (tertiary/aromatic N) is 1. The third-order valence-corrected chi connectivity index (χ3v) is 5.37. The maximum atomic E-state index is 12.2. The number of ether oxygens (including phenoxy) is 1. The fourth-order valence-electron chi connectivity index (χ4n) is 2.18. The van der Waals surface area contributed by atoms with Crippen LogP contribution in [-0.4, -0.2) is 45.8 Å². The summed E-state index contributed by atoms with van der Waals surface area (Å²) in [6, 6.07) is 10.7. The van der Waals surface area contributed by atoms with Gasteiger partial charge >= 0.3 is 6.03 Å². The van der Waals surface area contributed by atoms with E-state index in [1.54, 1.807) is 37.4 Å². The van der Waals surface area contributed by atoms with Crippen LogP contribution in [0.3, 0.4) is 0 Å². The SMILES string of the molecule is CN(CCCOc1ccc(S(C)(=O)=O)cc1)C(=O)Nc1cc(Cl)ccc1Cl. The summed E-state index contributed by atoms with van der Waals surface area (Å²) in [7, 11) is -1.56. The van der Waals surface area contributed by atoms with E-state index in [2.05, 4.69) is 5.32 Å².